The molecule has 9 heteroatoms. The Balaban J connectivity index is 1.40. The maximum absolute atomic E-state index is 11.2. The minimum atomic E-state index is 0.128. The molecule has 0 amide bonds. The van der Waals surface area contributed by atoms with Gasteiger partial charge in [0, 0.05) is 12.8 Å². The molecular weight excluding hydrogens is 442 g/mol. The summed E-state index contributed by atoms with van der Waals surface area (Å²) in [7, 11) is 0. The molecule has 7 nitrogen and oxygen atoms in total. The van der Waals surface area contributed by atoms with Crippen LogP contribution in [0.1, 0.15) is 25.0 Å². The van der Waals surface area contributed by atoms with Gasteiger partial charge in [-0.2, -0.15) is 0 Å². The van der Waals surface area contributed by atoms with Crippen LogP contribution in [0.2, 0.25) is 0 Å². The number of rotatable bonds is 8. The summed E-state index contributed by atoms with van der Waals surface area (Å²) < 4.78 is 0.978. The van der Waals surface area contributed by atoms with Crippen molar-refractivity contribution in [3.8, 4) is 0 Å². The largest absolute Gasteiger partial charge is 0.300 e. The number of thiazole rings is 1. The lowest BCUT2D eigenvalue weighted by Crippen LogP contribution is -1.94. The van der Waals surface area contributed by atoms with Gasteiger partial charge in [0.05, 0.1) is 16.1 Å². The number of ketones is 2. The molecule has 0 aliphatic heterocycles. The lowest BCUT2D eigenvalue weighted by Gasteiger charge is -1.97. The number of benzene rings is 2. The number of carbonyl (C=O) groups is 2. The second-order valence-electron chi connectivity index (χ2n) is 7.24. The van der Waals surface area contributed by atoms with Gasteiger partial charge in [-0.25, -0.2) is 4.98 Å². The van der Waals surface area contributed by atoms with Gasteiger partial charge in [0.2, 0.25) is 5.13 Å². The Morgan fingerprint density at radius 2 is 1.28 bits per heavy atom. The molecule has 4 rings (SSSR count). The van der Waals surface area contributed by atoms with Crippen molar-refractivity contribution in [2.45, 2.75) is 26.7 Å². The molecule has 0 atom stereocenters. The van der Waals surface area contributed by atoms with Crippen molar-refractivity contribution in [2.24, 2.45) is 20.5 Å². The highest BCUT2D eigenvalue weighted by molar-refractivity contribution is 7.30. The highest BCUT2D eigenvalue weighted by atomic mass is 32.1. The second-order valence-corrected chi connectivity index (χ2v) is 9.26. The van der Waals surface area contributed by atoms with Crippen molar-refractivity contribution in [3.63, 3.8) is 0 Å². The number of carbonyl (C=O) groups excluding carboxylic acids is 2. The first kappa shape index (κ1) is 21.8. The van der Waals surface area contributed by atoms with E-state index < -0.39 is 0 Å². The van der Waals surface area contributed by atoms with E-state index in [1.54, 1.807) is 13.8 Å². The quantitative estimate of drug-likeness (QED) is 0.255. The standard InChI is InChI=1S/C23H19N5O2S2/c1-14(29)11-16-3-7-18(8-4-16)25-27-21-13-20-22(32-21)24-23(31-20)28-26-19-9-5-17(6-10-19)12-15(2)30/h3-10,13H,11-12H2,1-2H3. The number of fused-ring (bicyclic) bond motifs is 1. The van der Waals surface area contributed by atoms with E-state index in [2.05, 4.69) is 25.4 Å². The third kappa shape index (κ3) is 5.83. The fraction of sp³-hybridized carbons (Fsp3) is 0.174. The average molecular weight is 462 g/mol. The Hall–Kier alpha value is -3.43. The minimum absolute atomic E-state index is 0.128. The number of thiophene rings is 1. The SMILES string of the molecule is CC(=O)Cc1ccc(N=Nc2cc3sc(N=Nc4ccc(CC(C)=O)cc4)nc3s2)cc1. The molecule has 0 spiro atoms. The Morgan fingerprint density at radius 1 is 0.750 bits per heavy atom. The van der Waals surface area contributed by atoms with Gasteiger partial charge >= 0.3 is 0 Å². The van der Waals surface area contributed by atoms with Gasteiger partial charge < -0.3 is 0 Å². The molecule has 0 saturated carbocycles. The lowest BCUT2D eigenvalue weighted by molar-refractivity contribution is -0.117. The van der Waals surface area contributed by atoms with Gasteiger partial charge in [-0.1, -0.05) is 46.9 Å². The molecular formula is C23H19N5O2S2. The molecule has 160 valence electrons. The van der Waals surface area contributed by atoms with E-state index in [-0.39, 0.29) is 11.6 Å². The van der Waals surface area contributed by atoms with Crippen LogP contribution in [-0.2, 0) is 22.4 Å². The van der Waals surface area contributed by atoms with Crippen LogP contribution in [0.25, 0.3) is 9.53 Å². The zero-order valence-corrected chi connectivity index (χ0v) is 19.1. The number of azo groups is 2. The number of hydrogen-bond donors (Lipinski definition) is 0. The fourth-order valence-corrected chi connectivity index (χ4v) is 4.80. The van der Waals surface area contributed by atoms with Gasteiger partial charge in [0.15, 0.2) is 0 Å². The van der Waals surface area contributed by atoms with E-state index in [0.717, 1.165) is 31.3 Å². The Bertz CT molecular complexity index is 1190. The zero-order valence-electron chi connectivity index (χ0n) is 17.5. The number of Topliss-reactive ketones (excluding diaryl/α,β-unsaturated/α-hetero) is 2. The molecule has 0 radical (unpaired) electrons. The van der Waals surface area contributed by atoms with Crippen molar-refractivity contribution >= 4 is 65.3 Å². The maximum Gasteiger partial charge on any atom is 0.231 e. The van der Waals surface area contributed by atoms with Crippen molar-refractivity contribution in [1.29, 1.82) is 0 Å². The fourth-order valence-electron chi connectivity index (χ4n) is 2.95. The minimum Gasteiger partial charge on any atom is -0.300 e. The summed E-state index contributed by atoms with van der Waals surface area (Å²) >= 11 is 2.88. The van der Waals surface area contributed by atoms with E-state index in [9.17, 15) is 9.59 Å². The van der Waals surface area contributed by atoms with Crippen molar-refractivity contribution < 1.29 is 9.59 Å². The number of aromatic nitrogens is 1. The van der Waals surface area contributed by atoms with Crippen LogP contribution in [0.4, 0.5) is 21.5 Å². The Labute approximate surface area is 192 Å². The summed E-state index contributed by atoms with van der Waals surface area (Å²) in [5.41, 5.74) is 3.36. The topological polar surface area (TPSA) is 96.5 Å². The normalized spacial score (nSPS) is 11.7. The number of nitrogens with zero attached hydrogens (tertiary/aromatic N) is 5. The molecule has 2 aromatic carbocycles. The van der Waals surface area contributed by atoms with E-state index >= 15 is 0 Å². The molecule has 0 N–H and O–H groups in total. The summed E-state index contributed by atoms with van der Waals surface area (Å²) in [6.45, 7) is 3.15. The Kier molecular flexibility index (Phi) is 6.67. The van der Waals surface area contributed by atoms with E-state index in [1.807, 2.05) is 54.6 Å². The average Bonchev–Trinajstić information content (AvgIpc) is 3.30. The van der Waals surface area contributed by atoms with E-state index in [0.29, 0.717) is 23.7 Å². The van der Waals surface area contributed by atoms with Crippen LogP contribution >= 0.6 is 22.7 Å². The molecule has 4 aromatic rings. The molecule has 0 saturated heterocycles. The molecule has 0 fully saturated rings. The van der Waals surface area contributed by atoms with Crippen LogP contribution in [0.5, 0.6) is 0 Å². The molecule has 32 heavy (non-hydrogen) atoms. The molecule has 0 bridgehead atoms. The van der Waals surface area contributed by atoms with Crippen LogP contribution in [-0.4, -0.2) is 16.6 Å². The second kappa shape index (κ2) is 9.80. The van der Waals surface area contributed by atoms with Crippen LogP contribution < -0.4 is 0 Å². The highest BCUT2D eigenvalue weighted by Crippen LogP contribution is 2.39. The predicted octanol–water partition coefficient (Wildman–Crippen LogP) is 7.45. The van der Waals surface area contributed by atoms with Crippen LogP contribution in [0.3, 0.4) is 0 Å². The van der Waals surface area contributed by atoms with Crippen molar-refractivity contribution in [1.82, 2.24) is 4.98 Å². The molecule has 0 aliphatic rings. The monoisotopic (exact) mass is 461 g/mol. The number of hydrogen-bond acceptors (Lipinski definition) is 9. The molecule has 0 unspecified atom stereocenters. The van der Waals surface area contributed by atoms with Gasteiger partial charge in [0.1, 0.15) is 21.4 Å². The van der Waals surface area contributed by atoms with Gasteiger partial charge in [-0.3, -0.25) is 9.59 Å². The third-order valence-corrected chi connectivity index (χ3v) is 6.29. The van der Waals surface area contributed by atoms with Crippen LogP contribution in [0.15, 0.2) is 75.1 Å². The van der Waals surface area contributed by atoms with Crippen molar-refractivity contribution in [3.05, 3.63) is 65.7 Å². The zero-order chi connectivity index (χ0) is 22.5. The molecule has 0 aliphatic carbocycles. The maximum atomic E-state index is 11.2. The molecule has 2 aromatic heterocycles. The Morgan fingerprint density at radius 3 is 1.78 bits per heavy atom. The molecule has 2 heterocycles. The van der Waals surface area contributed by atoms with Gasteiger partial charge in [-0.15, -0.1) is 20.5 Å². The first-order valence-electron chi connectivity index (χ1n) is 9.85. The summed E-state index contributed by atoms with van der Waals surface area (Å²) in [5.74, 6) is 0.260. The summed E-state index contributed by atoms with van der Waals surface area (Å²) in [6, 6.07) is 16.8. The van der Waals surface area contributed by atoms with Crippen LogP contribution in [0, 0.1) is 0 Å². The highest BCUT2D eigenvalue weighted by Gasteiger charge is 2.08. The first-order valence-corrected chi connectivity index (χ1v) is 11.5. The smallest absolute Gasteiger partial charge is 0.231 e. The van der Waals surface area contributed by atoms with Crippen molar-refractivity contribution in [2.75, 3.05) is 0 Å². The van der Waals surface area contributed by atoms with E-state index in [1.165, 1.54) is 22.7 Å². The summed E-state index contributed by atoms with van der Waals surface area (Å²) in [5, 5.41) is 18.3. The third-order valence-electron chi connectivity index (χ3n) is 4.36. The summed E-state index contributed by atoms with van der Waals surface area (Å²) in [6.07, 6.45) is 0.847. The first-order chi connectivity index (χ1) is 15.4. The van der Waals surface area contributed by atoms with E-state index in [4.69, 9.17) is 0 Å². The lowest BCUT2D eigenvalue weighted by atomic mass is 10.1. The van der Waals surface area contributed by atoms with Gasteiger partial charge in [-0.05, 0) is 55.3 Å². The van der Waals surface area contributed by atoms with Gasteiger partial charge in [0.25, 0.3) is 0 Å². The summed E-state index contributed by atoms with van der Waals surface area (Å²) in [4.78, 5) is 27.7. The predicted molar refractivity (Wildman–Crippen MR) is 128 cm³/mol.